The number of halogens is 5. The van der Waals surface area contributed by atoms with Crippen LogP contribution in [0.3, 0.4) is 0 Å². The van der Waals surface area contributed by atoms with Crippen molar-refractivity contribution in [2.45, 2.75) is 25.6 Å². The van der Waals surface area contributed by atoms with Gasteiger partial charge in [-0.25, -0.2) is 8.78 Å². The van der Waals surface area contributed by atoms with Crippen LogP contribution in [0.5, 0.6) is 11.5 Å². The molecule has 1 heterocycles. The van der Waals surface area contributed by atoms with Crippen molar-refractivity contribution in [2.75, 3.05) is 32.1 Å². The van der Waals surface area contributed by atoms with Crippen LogP contribution in [0.4, 0.5) is 23.2 Å². The molecule has 1 fully saturated rings. The Balaban J connectivity index is 0.00000363. The van der Waals surface area contributed by atoms with Crippen LogP contribution in [0, 0.1) is 11.6 Å². The SMILES string of the molecule is CN=C(NCc1ccc(OC)c(OC(F)F)c1)NC1CCN(c2c(F)cccc2F)C1.I. The molecule has 1 aliphatic heterocycles. The highest BCUT2D eigenvalue weighted by atomic mass is 127. The molecule has 3 rings (SSSR count). The van der Waals surface area contributed by atoms with Gasteiger partial charge in [-0.2, -0.15) is 8.78 Å². The lowest BCUT2D eigenvalue weighted by Crippen LogP contribution is -2.44. The molecule has 0 bridgehead atoms. The van der Waals surface area contributed by atoms with Crippen LogP contribution in [-0.2, 0) is 6.54 Å². The van der Waals surface area contributed by atoms with E-state index in [4.69, 9.17) is 4.74 Å². The van der Waals surface area contributed by atoms with Gasteiger partial charge in [0, 0.05) is 32.7 Å². The van der Waals surface area contributed by atoms with Crippen molar-refractivity contribution >= 4 is 35.6 Å². The van der Waals surface area contributed by atoms with Crippen molar-refractivity contribution in [2.24, 2.45) is 4.99 Å². The van der Waals surface area contributed by atoms with Crippen LogP contribution < -0.4 is 25.0 Å². The number of nitrogens with one attached hydrogen (secondary N) is 2. The summed E-state index contributed by atoms with van der Waals surface area (Å²) in [5.41, 5.74) is 0.653. The number of hydrogen-bond donors (Lipinski definition) is 2. The summed E-state index contributed by atoms with van der Waals surface area (Å²) < 4.78 is 62.8. The summed E-state index contributed by atoms with van der Waals surface area (Å²) in [6.07, 6.45) is 0.670. The highest BCUT2D eigenvalue weighted by molar-refractivity contribution is 14.0. The third-order valence-electron chi connectivity index (χ3n) is 4.91. The minimum Gasteiger partial charge on any atom is -0.493 e. The lowest BCUT2D eigenvalue weighted by molar-refractivity contribution is -0.0512. The summed E-state index contributed by atoms with van der Waals surface area (Å²) in [4.78, 5) is 5.82. The first kappa shape index (κ1) is 25.8. The Kier molecular flexibility index (Phi) is 9.66. The summed E-state index contributed by atoms with van der Waals surface area (Å²) in [5, 5.41) is 6.32. The fourth-order valence-corrected chi connectivity index (χ4v) is 3.47. The summed E-state index contributed by atoms with van der Waals surface area (Å²) in [6.45, 7) is -1.76. The quantitative estimate of drug-likeness (QED) is 0.228. The van der Waals surface area contributed by atoms with Gasteiger partial charge in [-0.3, -0.25) is 4.99 Å². The second-order valence-corrected chi connectivity index (χ2v) is 6.94. The second-order valence-electron chi connectivity index (χ2n) is 6.94. The van der Waals surface area contributed by atoms with Crippen LogP contribution in [0.15, 0.2) is 41.4 Å². The molecule has 176 valence electrons. The molecule has 1 saturated heterocycles. The van der Waals surface area contributed by atoms with Crippen molar-refractivity contribution < 1.29 is 27.0 Å². The molecule has 2 aromatic carbocycles. The number of nitrogens with zero attached hydrogens (tertiary/aromatic N) is 2. The molecule has 6 nitrogen and oxygen atoms in total. The van der Waals surface area contributed by atoms with E-state index in [1.54, 1.807) is 24.1 Å². The van der Waals surface area contributed by atoms with Crippen LogP contribution in [0.25, 0.3) is 0 Å². The molecule has 1 atom stereocenters. The van der Waals surface area contributed by atoms with Gasteiger partial charge in [0.25, 0.3) is 0 Å². The number of aliphatic imine (C=N–C) groups is 1. The Hall–Kier alpha value is -2.44. The van der Waals surface area contributed by atoms with Crippen molar-refractivity contribution in [3.05, 3.63) is 53.6 Å². The molecule has 0 spiro atoms. The van der Waals surface area contributed by atoms with E-state index in [1.807, 2.05) is 0 Å². The predicted molar refractivity (Wildman–Crippen MR) is 125 cm³/mol. The first-order valence-corrected chi connectivity index (χ1v) is 9.69. The van der Waals surface area contributed by atoms with E-state index in [0.29, 0.717) is 37.6 Å². The number of rotatable bonds is 7. The average molecular weight is 568 g/mol. The van der Waals surface area contributed by atoms with Crippen LogP contribution in [0.1, 0.15) is 12.0 Å². The van der Waals surface area contributed by atoms with E-state index in [9.17, 15) is 17.6 Å². The van der Waals surface area contributed by atoms with Gasteiger partial charge < -0.3 is 25.0 Å². The Bertz CT molecular complexity index is 912. The van der Waals surface area contributed by atoms with E-state index >= 15 is 0 Å². The van der Waals surface area contributed by atoms with E-state index in [2.05, 4.69) is 20.4 Å². The third kappa shape index (κ3) is 6.53. The minimum atomic E-state index is -2.96. The van der Waals surface area contributed by atoms with Crippen molar-refractivity contribution in [1.29, 1.82) is 0 Å². The highest BCUT2D eigenvalue weighted by Gasteiger charge is 2.27. The highest BCUT2D eigenvalue weighted by Crippen LogP contribution is 2.29. The zero-order valence-corrected chi connectivity index (χ0v) is 19.9. The monoisotopic (exact) mass is 568 g/mol. The molecule has 0 saturated carbocycles. The number of para-hydroxylation sites is 1. The summed E-state index contributed by atoms with van der Waals surface area (Å²) >= 11 is 0. The molecule has 0 aromatic heterocycles. The Labute approximate surface area is 201 Å². The zero-order chi connectivity index (χ0) is 22.4. The van der Waals surface area contributed by atoms with Gasteiger partial charge in [-0.15, -0.1) is 24.0 Å². The smallest absolute Gasteiger partial charge is 0.387 e. The normalized spacial score (nSPS) is 16.0. The number of ether oxygens (including phenoxy) is 2. The topological polar surface area (TPSA) is 58.1 Å². The lowest BCUT2D eigenvalue weighted by Gasteiger charge is -2.21. The second kappa shape index (κ2) is 12.0. The van der Waals surface area contributed by atoms with E-state index in [-0.39, 0.29) is 47.2 Å². The number of guanidine groups is 1. The van der Waals surface area contributed by atoms with E-state index < -0.39 is 18.2 Å². The van der Waals surface area contributed by atoms with Gasteiger partial charge in [0.2, 0.25) is 0 Å². The Morgan fingerprint density at radius 2 is 1.91 bits per heavy atom. The van der Waals surface area contributed by atoms with Gasteiger partial charge in [0.05, 0.1) is 7.11 Å². The van der Waals surface area contributed by atoms with Gasteiger partial charge in [-0.1, -0.05) is 12.1 Å². The fraction of sp³-hybridized carbons (Fsp3) is 0.381. The maximum Gasteiger partial charge on any atom is 0.387 e. The van der Waals surface area contributed by atoms with Gasteiger partial charge in [0.1, 0.15) is 17.3 Å². The molecule has 11 heteroatoms. The van der Waals surface area contributed by atoms with E-state index in [0.717, 1.165) is 0 Å². The van der Waals surface area contributed by atoms with Crippen molar-refractivity contribution in [1.82, 2.24) is 10.6 Å². The Morgan fingerprint density at radius 3 is 2.53 bits per heavy atom. The molecule has 32 heavy (non-hydrogen) atoms. The number of methoxy groups -OCH3 is 1. The molecular weight excluding hydrogens is 543 g/mol. The van der Waals surface area contributed by atoms with Gasteiger partial charge >= 0.3 is 6.61 Å². The largest absolute Gasteiger partial charge is 0.493 e. The molecular formula is C21H25F4IN4O2. The average Bonchev–Trinajstić information content (AvgIpc) is 3.18. The molecule has 2 aromatic rings. The van der Waals surface area contributed by atoms with Gasteiger partial charge in [-0.05, 0) is 36.2 Å². The van der Waals surface area contributed by atoms with Crippen molar-refractivity contribution in [3.8, 4) is 11.5 Å². The van der Waals surface area contributed by atoms with Crippen molar-refractivity contribution in [3.63, 3.8) is 0 Å². The predicted octanol–water partition coefficient (Wildman–Crippen LogP) is 4.14. The zero-order valence-electron chi connectivity index (χ0n) is 17.6. The number of benzene rings is 2. The minimum absolute atomic E-state index is 0. The fourth-order valence-electron chi connectivity index (χ4n) is 3.47. The standard InChI is InChI=1S/C21H24F4N4O2.HI/c1-26-21(27-11-13-6-7-17(30-2)18(10-13)31-20(24)25)28-14-8-9-29(12-14)19-15(22)4-3-5-16(19)23;/h3-7,10,14,20H,8-9,11-12H2,1-2H3,(H2,26,27,28);1H. The number of alkyl halides is 2. The molecule has 2 N–H and O–H groups in total. The first-order valence-electron chi connectivity index (χ1n) is 9.69. The van der Waals surface area contributed by atoms with Crippen LogP contribution in [0.2, 0.25) is 0 Å². The summed E-state index contributed by atoms with van der Waals surface area (Å²) in [5.74, 6) is -0.557. The summed E-state index contributed by atoms with van der Waals surface area (Å²) in [6, 6.07) is 8.46. The van der Waals surface area contributed by atoms with Gasteiger partial charge in [0.15, 0.2) is 17.5 Å². The Morgan fingerprint density at radius 1 is 1.19 bits per heavy atom. The summed E-state index contributed by atoms with van der Waals surface area (Å²) in [7, 11) is 2.97. The van der Waals surface area contributed by atoms with E-state index in [1.165, 1.54) is 31.4 Å². The first-order chi connectivity index (χ1) is 14.9. The molecule has 0 amide bonds. The maximum absolute atomic E-state index is 14.0. The third-order valence-corrected chi connectivity index (χ3v) is 4.91. The van der Waals surface area contributed by atoms with Crippen LogP contribution >= 0.6 is 24.0 Å². The molecule has 0 radical (unpaired) electrons. The number of anilines is 1. The lowest BCUT2D eigenvalue weighted by atomic mass is 10.2. The molecule has 1 aliphatic rings. The van der Waals surface area contributed by atoms with Crippen LogP contribution in [-0.4, -0.2) is 45.9 Å². The maximum atomic E-state index is 14.0. The molecule has 0 aliphatic carbocycles. The number of hydrogen-bond acceptors (Lipinski definition) is 4. The molecule has 1 unspecified atom stereocenters.